The number of hydrogen-bond acceptors (Lipinski definition) is 4. The zero-order valence-electron chi connectivity index (χ0n) is 16.0. The molecule has 1 fully saturated rings. The van der Waals surface area contributed by atoms with Crippen LogP contribution >= 0.6 is 0 Å². The molecule has 0 aromatic heterocycles. The molecule has 146 valence electrons. The SMILES string of the molecule is COc1ccc(CCN(C2CCNCC2)S(=O)(=O)c2cccc(C)c2)cc1. The molecule has 0 unspecified atom stereocenters. The highest BCUT2D eigenvalue weighted by Gasteiger charge is 2.32. The van der Waals surface area contributed by atoms with Crippen molar-refractivity contribution in [3.05, 3.63) is 59.7 Å². The summed E-state index contributed by atoms with van der Waals surface area (Å²) in [5.41, 5.74) is 2.06. The number of piperidine rings is 1. The topological polar surface area (TPSA) is 58.6 Å². The average Bonchev–Trinajstić information content (AvgIpc) is 2.69. The molecule has 0 spiro atoms. The van der Waals surface area contributed by atoms with Gasteiger partial charge < -0.3 is 10.1 Å². The number of sulfonamides is 1. The molecule has 2 aromatic carbocycles. The van der Waals surface area contributed by atoms with Crippen LogP contribution in [0.4, 0.5) is 0 Å². The molecule has 1 saturated heterocycles. The van der Waals surface area contributed by atoms with Gasteiger partial charge in [0, 0.05) is 12.6 Å². The number of nitrogens with one attached hydrogen (secondary N) is 1. The Morgan fingerprint density at radius 2 is 1.81 bits per heavy atom. The van der Waals surface area contributed by atoms with E-state index in [0.29, 0.717) is 17.9 Å². The minimum Gasteiger partial charge on any atom is -0.497 e. The zero-order chi connectivity index (χ0) is 19.3. The molecule has 1 N–H and O–H groups in total. The van der Waals surface area contributed by atoms with Gasteiger partial charge in [-0.05, 0) is 74.7 Å². The normalized spacial score (nSPS) is 15.8. The summed E-state index contributed by atoms with van der Waals surface area (Å²) in [6.45, 7) is 4.11. The minimum atomic E-state index is -3.53. The maximum absolute atomic E-state index is 13.4. The van der Waals surface area contributed by atoms with E-state index in [1.807, 2.05) is 43.3 Å². The Labute approximate surface area is 162 Å². The molecule has 1 heterocycles. The molecule has 0 radical (unpaired) electrons. The Hall–Kier alpha value is -1.89. The Bertz CT molecular complexity index is 844. The van der Waals surface area contributed by atoms with Crippen molar-refractivity contribution in [1.82, 2.24) is 9.62 Å². The molecule has 27 heavy (non-hydrogen) atoms. The van der Waals surface area contributed by atoms with Crippen LogP contribution in [0.25, 0.3) is 0 Å². The van der Waals surface area contributed by atoms with Crippen molar-refractivity contribution in [3.63, 3.8) is 0 Å². The molecule has 0 amide bonds. The van der Waals surface area contributed by atoms with Crippen molar-refractivity contribution in [3.8, 4) is 5.75 Å². The molecule has 1 aliphatic heterocycles. The fraction of sp³-hybridized carbons (Fsp3) is 0.429. The molecule has 2 aromatic rings. The summed E-state index contributed by atoms with van der Waals surface area (Å²) >= 11 is 0. The van der Waals surface area contributed by atoms with Gasteiger partial charge in [-0.1, -0.05) is 24.3 Å². The van der Waals surface area contributed by atoms with Gasteiger partial charge in [-0.3, -0.25) is 0 Å². The maximum Gasteiger partial charge on any atom is 0.243 e. The fourth-order valence-corrected chi connectivity index (χ4v) is 5.33. The molecule has 1 aliphatic rings. The zero-order valence-corrected chi connectivity index (χ0v) is 16.8. The number of hydrogen-bond donors (Lipinski definition) is 1. The molecule has 6 heteroatoms. The van der Waals surface area contributed by atoms with Crippen LogP contribution in [-0.2, 0) is 16.4 Å². The first-order chi connectivity index (χ1) is 13.0. The summed E-state index contributed by atoms with van der Waals surface area (Å²) in [7, 11) is -1.88. The molecule has 0 bridgehead atoms. The number of methoxy groups -OCH3 is 1. The lowest BCUT2D eigenvalue weighted by atomic mass is 10.1. The molecule has 0 atom stereocenters. The first kappa shape index (κ1) is 19.9. The number of aryl methyl sites for hydroxylation is 1. The van der Waals surface area contributed by atoms with Crippen LogP contribution in [0.5, 0.6) is 5.75 Å². The third kappa shape index (κ3) is 4.89. The van der Waals surface area contributed by atoms with E-state index in [1.165, 1.54) is 0 Å². The highest BCUT2D eigenvalue weighted by molar-refractivity contribution is 7.89. The van der Waals surface area contributed by atoms with Crippen molar-refractivity contribution < 1.29 is 13.2 Å². The Balaban J connectivity index is 1.83. The predicted molar refractivity (Wildman–Crippen MR) is 108 cm³/mol. The van der Waals surface area contributed by atoms with Gasteiger partial charge in [-0.25, -0.2) is 8.42 Å². The highest BCUT2D eigenvalue weighted by atomic mass is 32.2. The van der Waals surface area contributed by atoms with Gasteiger partial charge in [-0.15, -0.1) is 0 Å². The Morgan fingerprint density at radius 1 is 1.11 bits per heavy atom. The lowest BCUT2D eigenvalue weighted by molar-refractivity contribution is 0.264. The summed E-state index contributed by atoms with van der Waals surface area (Å²) in [5, 5.41) is 3.32. The maximum atomic E-state index is 13.4. The van der Waals surface area contributed by atoms with Crippen molar-refractivity contribution in [2.45, 2.75) is 37.1 Å². The molecular weight excluding hydrogens is 360 g/mol. The van der Waals surface area contributed by atoms with Crippen LogP contribution in [0.1, 0.15) is 24.0 Å². The number of rotatable bonds is 7. The molecule has 0 aliphatic carbocycles. The second-order valence-electron chi connectivity index (χ2n) is 7.01. The Morgan fingerprint density at radius 3 is 2.44 bits per heavy atom. The smallest absolute Gasteiger partial charge is 0.243 e. The van der Waals surface area contributed by atoms with Gasteiger partial charge in [0.1, 0.15) is 5.75 Å². The van der Waals surface area contributed by atoms with Crippen LogP contribution < -0.4 is 10.1 Å². The third-order valence-electron chi connectivity index (χ3n) is 5.09. The number of nitrogens with zero attached hydrogens (tertiary/aromatic N) is 1. The largest absolute Gasteiger partial charge is 0.497 e. The monoisotopic (exact) mass is 388 g/mol. The molecule has 5 nitrogen and oxygen atoms in total. The Kier molecular flexibility index (Phi) is 6.52. The first-order valence-corrected chi connectivity index (χ1v) is 10.9. The summed E-state index contributed by atoms with van der Waals surface area (Å²) in [6, 6.07) is 15.1. The van der Waals surface area contributed by atoms with Crippen LogP contribution in [0.2, 0.25) is 0 Å². The van der Waals surface area contributed by atoms with E-state index in [1.54, 1.807) is 23.5 Å². The molecule has 3 rings (SSSR count). The average molecular weight is 389 g/mol. The van der Waals surface area contributed by atoms with Crippen molar-refractivity contribution in [2.75, 3.05) is 26.7 Å². The van der Waals surface area contributed by atoms with E-state index in [-0.39, 0.29) is 6.04 Å². The van der Waals surface area contributed by atoms with Crippen LogP contribution in [0.3, 0.4) is 0 Å². The first-order valence-electron chi connectivity index (χ1n) is 9.43. The van der Waals surface area contributed by atoms with Crippen LogP contribution in [0.15, 0.2) is 53.4 Å². The predicted octanol–water partition coefficient (Wildman–Crippen LogP) is 2.99. The van der Waals surface area contributed by atoms with Gasteiger partial charge in [-0.2, -0.15) is 4.31 Å². The second kappa shape index (κ2) is 8.87. The van der Waals surface area contributed by atoms with Gasteiger partial charge in [0.2, 0.25) is 10.0 Å². The lowest BCUT2D eigenvalue weighted by Crippen LogP contribution is -2.46. The standard InChI is InChI=1S/C21H28N2O3S/c1-17-4-3-5-21(16-17)27(24,25)23(19-10-13-22-14-11-19)15-12-18-6-8-20(26-2)9-7-18/h3-9,16,19,22H,10-15H2,1-2H3. The van der Waals surface area contributed by atoms with E-state index in [0.717, 1.165) is 42.8 Å². The van der Waals surface area contributed by atoms with Crippen LogP contribution in [-0.4, -0.2) is 45.5 Å². The van der Waals surface area contributed by atoms with E-state index >= 15 is 0 Å². The second-order valence-corrected chi connectivity index (χ2v) is 8.90. The van der Waals surface area contributed by atoms with E-state index in [2.05, 4.69) is 5.32 Å². The van der Waals surface area contributed by atoms with E-state index < -0.39 is 10.0 Å². The van der Waals surface area contributed by atoms with Gasteiger partial charge >= 0.3 is 0 Å². The summed E-state index contributed by atoms with van der Waals surface area (Å²) in [6.07, 6.45) is 2.36. The van der Waals surface area contributed by atoms with E-state index in [9.17, 15) is 8.42 Å². The lowest BCUT2D eigenvalue weighted by Gasteiger charge is -2.34. The van der Waals surface area contributed by atoms with Crippen molar-refractivity contribution in [2.24, 2.45) is 0 Å². The highest BCUT2D eigenvalue weighted by Crippen LogP contribution is 2.24. The third-order valence-corrected chi connectivity index (χ3v) is 7.04. The quantitative estimate of drug-likeness (QED) is 0.792. The summed E-state index contributed by atoms with van der Waals surface area (Å²) in [4.78, 5) is 0.385. The van der Waals surface area contributed by atoms with Gasteiger partial charge in [0.05, 0.1) is 12.0 Å². The van der Waals surface area contributed by atoms with Crippen molar-refractivity contribution >= 4 is 10.0 Å². The minimum absolute atomic E-state index is 0.0370. The van der Waals surface area contributed by atoms with Crippen LogP contribution in [0, 0.1) is 6.92 Å². The van der Waals surface area contributed by atoms with E-state index in [4.69, 9.17) is 4.74 Å². The molecular formula is C21H28N2O3S. The van der Waals surface area contributed by atoms with Gasteiger partial charge in [0.25, 0.3) is 0 Å². The van der Waals surface area contributed by atoms with Gasteiger partial charge in [0.15, 0.2) is 0 Å². The number of benzene rings is 2. The summed E-state index contributed by atoms with van der Waals surface area (Å²) in [5.74, 6) is 0.807. The summed E-state index contributed by atoms with van der Waals surface area (Å²) < 4.78 is 33.7. The number of ether oxygens (including phenoxy) is 1. The fourth-order valence-electron chi connectivity index (χ4n) is 3.54. The molecule has 0 saturated carbocycles. The van der Waals surface area contributed by atoms with Crippen molar-refractivity contribution in [1.29, 1.82) is 0 Å².